The van der Waals surface area contributed by atoms with Gasteiger partial charge in [0.1, 0.15) is 5.78 Å². The van der Waals surface area contributed by atoms with Crippen LogP contribution in [-0.4, -0.2) is 12.3 Å². The van der Waals surface area contributed by atoms with Crippen LogP contribution in [0.2, 0.25) is 0 Å². The number of nitrogens with one attached hydrogen (secondary N) is 1. The molecule has 0 aliphatic carbocycles. The lowest BCUT2D eigenvalue weighted by molar-refractivity contribution is -0.115. The van der Waals surface area contributed by atoms with E-state index in [-0.39, 0.29) is 5.78 Å². The second-order valence-electron chi connectivity index (χ2n) is 2.33. The molecule has 0 heterocycles. The maximum absolute atomic E-state index is 10.5. The Morgan fingerprint density at radius 1 is 1.64 bits per heavy atom. The lowest BCUT2D eigenvalue weighted by atomic mass is 10.3. The Kier molecular flexibility index (Phi) is 2.66. The highest BCUT2D eigenvalue weighted by molar-refractivity contribution is 5.80. The minimum absolute atomic E-state index is 0.127. The number of hydrogen-bond donors (Lipinski definition) is 1. The predicted molar refractivity (Wildman–Crippen MR) is 44.4 cm³/mol. The first kappa shape index (κ1) is 7.79. The maximum Gasteiger partial charge on any atom is 0.148 e. The molecule has 1 N–H and O–H groups in total. The van der Waals surface area contributed by atoms with Gasteiger partial charge in [-0.1, -0.05) is 18.2 Å². The van der Waals surface area contributed by atoms with Crippen molar-refractivity contribution in [1.82, 2.24) is 0 Å². The van der Waals surface area contributed by atoms with E-state index in [1.807, 2.05) is 24.3 Å². The highest BCUT2D eigenvalue weighted by Crippen LogP contribution is 2.02. The van der Waals surface area contributed by atoms with Crippen LogP contribution in [0.15, 0.2) is 24.3 Å². The number of para-hydroxylation sites is 1. The fourth-order valence-corrected chi connectivity index (χ4v) is 0.723. The Morgan fingerprint density at radius 3 is 3.00 bits per heavy atom. The van der Waals surface area contributed by atoms with Gasteiger partial charge in [0.2, 0.25) is 0 Å². The summed E-state index contributed by atoms with van der Waals surface area (Å²) in [5, 5.41) is 2.94. The Labute approximate surface area is 66.2 Å². The SMILES string of the molecule is CC(=O)CNc1[c]cccc1. The summed E-state index contributed by atoms with van der Waals surface area (Å²) in [5.41, 5.74) is 0.864. The van der Waals surface area contributed by atoms with Crippen molar-refractivity contribution in [3.8, 4) is 0 Å². The van der Waals surface area contributed by atoms with Crippen molar-refractivity contribution >= 4 is 11.5 Å². The average Bonchev–Trinajstić information content (AvgIpc) is 2.03. The lowest BCUT2D eigenvalue weighted by Crippen LogP contribution is -2.09. The number of hydrogen-bond acceptors (Lipinski definition) is 2. The minimum atomic E-state index is 0.127. The van der Waals surface area contributed by atoms with Crippen LogP contribution in [0.25, 0.3) is 0 Å². The number of Topliss-reactive ketones (excluding diaryl/α,β-unsaturated/α-hetero) is 1. The van der Waals surface area contributed by atoms with Crippen LogP contribution < -0.4 is 5.32 Å². The number of rotatable bonds is 3. The molecule has 1 aromatic carbocycles. The molecule has 0 saturated carbocycles. The maximum atomic E-state index is 10.5. The second-order valence-corrected chi connectivity index (χ2v) is 2.33. The Hall–Kier alpha value is -1.31. The van der Waals surface area contributed by atoms with Crippen molar-refractivity contribution in [2.45, 2.75) is 6.92 Å². The third-order valence-electron chi connectivity index (χ3n) is 1.24. The molecule has 1 aromatic rings. The van der Waals surface area contributed by atoms with Gasteiger partial charge in [-0.15, -0.1) is 0 Å². The summed E-state index contributed by atoms with van der Waals surface area (Å²) in [5.74, 6) is 0.127. The monoisotopic (exact) mass is 148 g/mol. The Balaban J connectivity index is 2.45. The molecular formula is C9H10NO. The van der Waals surface area contributed by atoms with Gasteiger partial charge in [0.05, 0.1) is 6.54 Å². The van der Waals surface area contributed by atoms with Crippen molar-refractivity contribution < 1.29 is 4.79 Å². The summed E-state index contributed by atoms with van der Waals surface area (Å²) in [6, 6.07) is 10.4. The van der Waals surface area contributed by atoms with E-state index in [4.69, 9.17) is 0 Å². The van der Waals surface area contributed by atoms with E-state index in [2.05, 4.69) is 11.4 Å². The van der Waals surface area contributed by atoms with Crippen LogP contribution in [0.1, 0.15) is 6.92 Å². The van der Waals surface area contributed by atoms with Gasteiger partial charge in [-0.25, -0.2) is 0 Å². The fourth-order valence-electron chi connectivity index (χ4n) is 0.723. The van der Waals surface area contributed by atoms with Crippen LogP contribution in [-0.2, 0) is 4.79 Å². The van der Waals surface area contributed by atoms with Gasteiger partial charge in [-0.2, -0.15) is 0 Å². The summed E-state index contributed by atoms with van der Waals surface area (Å²) in [4.78, 5) is 10.5. The van der Waals surface area contributed by atoms with Gasteiger partial charge < -0.3 is 5.32 Å². The summed E-state index contributed by atoms with van der Waals surface area (Å²) < 4.78 is 0. The molecule has 0 aliphatic heterocycles. The molecule has 57 valence electrons. The van der Waals surface area contributed by atoms with E-state index in [1.54, 1.807) is 6.92 Å². The summed E-state index contributed by atoms with van der Waals surface area (Å²) in [6.45, 7) is 1.93. The standard InChI is InChI=1S/C9H10NO/c1-8(11)7-10-9-5-3-2-4-6-9/h2-5,10H,7H2,1H3. The number of ketones is 1. The Bertz CT molecular complexity index is 231. The molecule has 0 atom stereocenters. The van der Waals surface area contributed by atoms with Gasteiger partial charge in [0.25, 0.3) is 0 Å². The third-order valence-corrected chi connectivity index (χ3v) is 1.24. The molecule has 11 heavy (non-hydrogen) atoms. The van der Waals surface area contributed by atoms with Crippen molar-refractivity contribution in [3.05, 3.63) is 30.3 Å². The van der Waals surface area contributed by atoms with E-state index >= 15 is 0 Å². The van der Waals surface area contributed by atoms with Crippen LogP contribution in [0.3, 0.4) is 0 Å². The van der Waals surface area contributed by atoms with Crippen molar-refractivity contribution in [2.75, 3.05) is 11.9 Å². The quantitative estimate of drug-likeness (QED) is 0.703. The number of carbonyl (C=O) groups is 1. The predicted octanol–water partition coefficient (Wildman–Crippen LogP) is 1.49. The van der Waals surface area contributed by atoms with Crippen LogP contribution in [0, 0.1) is 6.07 Å². The van der Waals surface area contributed by atoms with Crippen LogP contribution >= 0.6 is 0 Å². The first-order valence-electron chi connectivity index (χ1n) is 3.49. The van der Waals surface area contributed by atoms with Crippen molar-refractivity contribution in [3.63, 3.8) is 0 Å². The minimum Gasteiger partial charge on any atom is -0.377 e. The van der Waals surface area contributed by atoms with Gasteiger partial charge in [0.15, 0.2) is 0 Å². The van der Waals surface area contributed by atoms with Crippen molar-refractivity contribution in [2.24, 2.45) is 0 Å². The molecule has 2 nitrogen and oxygen atoms in total. The molecule has 0 saturated heterocycles. The fraction of sp³-hybridized carbons (Fsp3) is 0.222. The van der Waals surface area contributed by atoms with Crippen molar-refractivity contribution in [1.29, 1.82) is 0 Å². The zero-order chi connectivity index (χ0) is 8.10. The van der Waals surface area contributed by atoms with Crippen LogP contribution in [0.4, 0.5) is 5.69 Å². The molecule has 0 bridgehead atoms. The van der Waals surface area contributed by atoms with E-state index in [0.29, 0.717) is 6.54 Å². The highest BCUT2D eigenvalue weighted by Gasteiger charge is 1.91. The van der Waals surface area contributed by atoms with E-state index in [0.717, 1.165) is 5.69 Å². The number of carbonyl (C=O) groups excluding carboxylic acids is 1. The van der Waals surface area contributed by atoms with E-state index in [1.165, 1.54) is 0 Å². The van der Waals surface area contributed by atoms with Gasteiger partial charge in [0, 0.05) is 11.8 Å². The van der Waals surface area contributed by atoms with Gasteiger partial charge in [-0.05, 0) is 13.0 Å². The Morgan fingerprint density at radius 2 is 2.45 bits per heavy atom. The van der Waals surface area contributed by atoms with E-state index in [9.17, 15) is 4.79 Å². The molecular weight excluding hydrogens is 138 g/mol. The van der Waals surface area contributed by atoms with E-state index < -0.39 is 0 Å². The molecule has 0 aromatic heterocycles. The molecule has 0 fully saturated rings. The average molecular weight is 148 g/mol. The first-order chi connectivity index (χ1) is 5.29. The molecule has 1 rings (SSSR count). The second kappa shape index (κ2) is 3.76. The largest absolute Gasteiger partial charge is 0.377 e. The molecule has 0 amide bonds. The first-order valence-corrected chi connectivity index (χ1v) is 3.49. The molecule has 0 unspecified atom stereocenters. The molecule has 0 aliphatic rings. The summed E-state index contributed by atoms with van der Waals surface area (Å²) in [6.07, 6.45) is 0. The number of benzene rings is 1. The molecule has 1 radical (unpaired) electrons. The lowest BCUT2D eigenvalue weighted by Gasteiger charge is -2.00. The smallest absolute Gasteiger partial charge is 0.148 e. The molecule has 2 heteroatoms. The van der Waals surface area contributed by atoms with Gasteiger partial charge in [-0.3, -0.25) is 4.79 Å². The topological polar surface area (TPSA) is 29.1 Å². The normalized spacial score (nSPS) is 9.18. The van der Waals surface area contributed by atoms with Gasteiger partial charge >= 0.3 is 0 Å². The summed E-state index contributed by atoms with van der Waals surface area (Å²) >= 11 is 0. The number of anilines is 1. The zero-order valence-electron chi connectivity index (χ0n) is 6.42. The highest BCUT2D eigenvalue weighted by atomic mass is 16.1. The third kappa shape index (κ3) is 2.85. The summed E-state index contributed by atoms with van der Waals surface area (Å²) in [7, 11) is 0. The van der Waals surface area contributed by atoms with Crippen LogP contribution in [0.5, 0.6) is 0 Å². The zero-order valence-corrected chi connectivity index (χ0v) is 6.42. The molecule has 0 spiro atoms.